The maximum Gasteiger partial charge on any atom is 0.387 e. The van der Waals surface area contributed by atoms with Crippen LogP contribution in [0.2, 0.25) is 0 Å². The molecule has 0 fully saturated rings. The largest absolute Gasteiger partial charge is 0.435 e. The average Bonchev–Trinajstić information content (AvgIpc) is 2.35. The molecule has 1 aromatic rings. The highest BCUT2D eigenvalue weighted by Gasteiger charge is 2.20. The van der Waals surface area contributed by atoms with Gasteiger partial charge in [0.15, 0.2) is 0 Å². The van der Waals surface area contributed by atoms with Gasteiger partial charge >= 0.3 is 6.61 Å². The van der Waals surface area contributed by atoms with E-state index in [1.165, 1.54) is 6.07 Å². The molecule has 0 aliphatic heterocycles. The summed E-state index contributed by atoms with van der Waals surface area (Å²) in [6.07, 6.45) is 1.61. The van der Waals surface area contributed by atoms with Gasteiger partial charge in [0.2, 0.25) is 0 Å². The van der Waals surface area contributed by atoms with E-state index < -0.39 is 12.2 Å². The van der Waals surface area contributed by atoms with E-state index in [2.05, 4.69) is 10.1 Å². The van der Waals surface area contributed by atoms with Gasteiger partial charge in [-0.25, -0.2) is 0 Å². The van der Waals surface area contributed by atoms with Crippen molar-refractivity contribution in [3.63, 3.8) is 0 Å². The first kappa shape index (κ1) is 16.9. The van der Waals surface area contributed by atoms with E-state index >= 15 is 0 Å². The molecule has 0 aromatic heterocycles. The number of hydrogen-bond acceptors (Lipinski definition) is 3. The summed E-state index contributed by atoms with van der Waals surface area (Å²) >= 11 is 0. The Morgan fingerprint density at radius 1 is 1.40 bits per heavy atom. The molecule has 0 aliphatic rings. The lowest BCUT2D eigenvalue weighted by molar-refractivity contribution is -0.0499. The SMILES string of the molecule is CCCC(C)(O)CNC(C)c1cccc(OC(F)F)c1. The van der Waals surface area contributed by atoms with Crippen molar-refractivity contribution < 1.29 is 18.6 Å². The zero-order valence-corrected chi connectivity index (χ0v) is 12.2. The Bertz CT molecular complexity index is 411. The third-order valence-electron chi connectivity index (χ3n) is 3.16. The maximum absolute atomic E-state index is 12.2. The van der Waals surface area contributed by atoms with Crippen molar-refractivity contribution in [2.24, 2.45) is 0 Å². The van der Waals surface area contributed by atoms with Gasteiger partial charge < -0.3 is 15.2 Å². The fourth-order valence-electron chi connectivity index (χ4n) is 2.08. The van der Waals surface area contributed by atoms with Crippen LogP contribution in [0.1, 0.15) is 45.2 Å². The molecule has 0 saturated heterocycles. The van der Waals surface area contributed by atoms with Gasteiger partial charge in [-0.3, -0.25) is 0 Å². The summed E-state index contributed by atoms with van der Waals surface area (Å²) < 4.78 is 28.7. The van der Waals surface area contributed by atoms with E-state index in [-0.39, 0.29) is 11.8 Å². The minimum absolute atomic E-state index is 0.0560. The molecule has 0 saturated carbocycles. The molecule has 114 valence electrons. The van der Waals surface area contributed by atoms with Gasteiger partial charge in [0.25, 0.3) is 0 Å². The first-order valence-electron chi connectivity index (χ1n) is 6.84. The second-order valence-electron chi connectivity index (χ2n) is 5.30. The number of hydrogen-bond donors (Lipinski definition) is 2. The van der Waals surface area contributed by atoms with Crippen LogP contribution in [0.3, 0.4) is 0 Å². The first-order valence-corrected chi connectivity index (χ1v) is 6.84. The number of nitrogens with one attached hydrogen (secondary N) is 1. The summed E-state index contributed by atoms with van der Waals surface area (Å²) in [7, 11) is 0. The number of aliphatic hydroxyl groups is 1. The fourth-order valence-corrected chi connectivity index (χ4v) is 2.08. The smallest absolute Gasteiger partial charge is 0.387 e. The van der Waals surface area contributed by atoms with Crippen LogP contribution in [0, 0.1) is 0 Å². The van der Waals surface area contributed by atoms with Gasteiger partial charge in [-0.05, 0) is 38.0 Å². The summed E-state index contributed by atoms with van der Waals surface area (Å²) in [5.41, 5.74) is 0.0792. The van der Waals surface area contributed by atoms with Gasteiger partial charge in [-0.15, -0.1) is 0 Å². The van der Waals surface area contributed by atoms with Crippen LogP contribution < -0.4 is 10.1 Å². The Hall–Kier alpha value is -1.20. The van der Waals surface area contributed by atoms with E-state index in [0.29, 0.717) is 13.0 Å². The van der Waals surface area contributed by atoms with E-state index in [0.717, 1.165) is 12.0 Å². The third kappa shape index (κ3) is 5.84. The zero-order chi connectivity index (χ0) is 15.2. The Labute approximate surface area is 119 Å². The Balaban J connectivity index is 2.61. The second-order valence-corrected chi connectivity index (χ2v) is 5.30. The second kappa shape index (κ2) is 7.55. The first-order chi connectivity index (χ1) is 9.34. The summed E-state index contributed by atoms with van der Waals surface area (Å²) in [5, 5.41) is 13.3. The van der Waals surface area contributed by atoms with Crippen LogP contribution >= 0.6 is 0 Å². The quantitative estimate of drug-likeness (QED) is 0.769. The van der Waals surface area contributed by atoms with Crippen LogP contribution in [0.5, 0.6) is 5.75 Å². The summed E-state index contributed by atoms with van der Waals surface area (Å²) in [4.78, 5) is 0. The van der Waals surface area contributed by atoms with Crippen molar-refractivity contribution in [2.75, 3.05) is 6.54 Å². The average molecular weight is 287 g/mol. The molecule has 1 aromatic carbocycles. The molecule has 0 heterocycles. The predicted octanol–water partition coefficient (Wildman–Crippen LogP) is 3.49. The van der Waals surface area contributed by atoms with Crippen molar-refractivity contribution in [3.05, 3.63) is 29.8 Å². The fraction of sp³-hybridized carbons (Fsp3) is 0.600. The van der Waals surface area contributed by atoms with Gasteiger partial charge in [0, 0.05) is 12.6 Å². The number of ether oxygens (including phenoxy) is 1. The molecule has 0 spiro atoms. The molecule has 1 rings (SSSR count). The lowest BCUT2D eigenvalue weighted by Crippen LogP contribution is -2.38. The number of halogens is 2. The van der Waals surface area contributed by atoms with Crippen molar-refractivity contribution in [1.29, 1.82) is 0 Å². The van der Waals surface area contributed by atoms with Crippen LogP contribution in [0.4, 0.5) is 8.78 Å². The molecule has 2 atom stereocenters. The van der Waals surface area contributed by atoms with E-state index in [9.17, 15) is 13.9 Å². The number of benzene rings is 1. The molecule has 3 nitrogen and oxygen atoms in total. The molecule has 0 aliphatic carbocycles. The maximum atomic E-state index is 12.2. The molecular formula is C15H23F2NO2. The van der Waals surface area contributed by atoms with Crippen molar-refractivity contribution in [2.45, 2.75) is 51.9 Å². The standard InChI is InChI=1S/C15H23F2NO2/c1-4-8-15(3,19)10-18-11(2)12-6-5-7-13(9-12)20-14(16)17/h5-7,9,11,14,18-19H,4,8,10H2,1-3H3. The van der Waals surface area contributed by atoms with Gasteiger partial charge in [-0.2, -0.15) is 8.78 Å². The van der Waals surface area contributed by atoms with Gasteiger partial charge in [0.05, 0.1) is 5.60 Å². The third-order valence-corrected chi connectivity index (χ3v) is 3.16. The Kier molecular flexibility index (Phi) is 6.36. The van der Waals surface area contributed by atoms with Crippen molar-refractivity contribution in [3.8, 4) is 5.75 Å². The minimum Gasteiger partial charge on any atom is -0.435 e. The summed E-state index contributed by atoms with van der Waals surface area (Å²) in [5.74, 6) is 0.145. The highest BCUT2D eigenvalue weighted by Crippen LogP contribution is 2.21. The highest BCUT2D eigenvalue weighted by atomic mass is 19.3. The normalized spacial score (nSPS) is 15.9. The van der Waals surface area contributed by atoms with E-state index in [1.54, 1.807) is 19.1 Å². The number of alkyl halides is 2. The molecule has 0 amide bonds. The molecular weight excluding hydrogens is 264 g/mol. The van der Waals surface area contributed by atoms with Gasteiger partial charge in [-0.1, -0.05) is 25.5 Å². The molecule has 5 heteroatoms. The van der Waals surface area contributed by atoms with Crippen LogP contribution in [-0.4, -0.2) is 23.9 Å². The van der Waals surface area contributed by atoms with E-state index in [1.807, 2.05) is 19.9 Å². The van der Waals surface area contributed by atoms with Crippen LogP contribution in [-0.2, 0) is 0 Å². The Morgan fingerprint density at radius 3 is 2.70 bits per heavy atom. The Morgan fingerprint density at radius 2 is 2.10 bits per heavy atom. The molecule has 0 radical (unpaired) electrons. The van der Waals surface area contributed by atoms with Crippen molar-refractivity contribution in [1.82, 2.24) is 5.32 Å². The molecule has 0 bridgehead atoms. The minimum atomic E-state index is -2.82. The topological polar surface area (TPSA) is 41.5 Å². The van der Waals surface area contributed by atoms with Crippen LogP contribution in [0.15, 0.2) is 24.3 Å². The zero-order valence-electron chi connectivity index (χ0n) is 12.2. The predicted molar refractivity (Wildman–Crippen MR) is 75.0 cm³/mol. The highest BCUT2D eigenvalue weighted by molar-refractivity contribution is 5.30. The number of rotatable bonds is 8. The van der Waals surface area contributed by atoms with Crippen molar-refractivity contribution >= 4 is 0 Å². The van der Waals surface area contributed by atoms with Gasteiger partial charge in [0.1, 0.15) is 5.75 Å². The molecule has 20 heavy (non-hydrogen) atoms. The lowest BCUT2D eigenvalue weighted by atomic mass is 9.99. The summed E-state index contributed by atoms with van der Waals surface area (Å²) in [6.45, 7) is 3.35. The van der Waals surface area contributed by atoms with Crippen LogP contribution in [0.25, 0.3) is 0 Å². The lowest BCUT2D eigenvalue weighted by Gasteiger charge is -2.26. The van der Waals surface area contributed by atoms with E-state index in [4.69, 9.17) is 0 Å². The molecule has 2 N–H and O–H groups in total. The molecule has 2 unspecified atom stereocenters. The summed E-state index contributed by atoms with van der Waals surface area (Å²) in [6, 6.07) is 6.54. The monoisotopic (exact) mass is 287 g/mol.